The summed E-state index contributed by atoms with van der Waals surface area (Å²) in [6.45, 7) is 2.39. The molecule has 1 aromatic carbocycles. The fraction of sp³-hybridized carbons (Fsp3) is 0.417. The van der Waals surface area contributed by atoms with Crippen LogP contribution in [0.25, 0.3) is 0 Å². The van der Waals surface area contributed by atoms with E-state index < -0.39 is 0 Å². The summed E-state index contributed by atoms with van der Waals surface area (Å²) in [6.07, 6.45) is 0. The molecule has 0 bridgehead atoms. The molecule has 5 heteroatoms. The van der Waals surface area contributed by atoms with Gasteiger partial charge in [-0.3, -0.25) is 4.79 Å². The van der Waals surface area contributed by atoms with Crippen molar-refractivity contribution in [3.63, 3.8) is 0 Å². The number of carbonyl (C=O) groups excluding carboxylic acids is 1. The molecule has 0 fully saturated rings. The number of hydrogen-bond acceptors (Lipinski definition) is 2. The highest BCUT2D eigenvalue weighted by molar-refractivity contribution is 14.1. The molecule has 0 heterocycles. The number of carbonyl (C=O) groups is 1. The van der Waals surface area contributed by atoms with Gasteiger partial charge in [0, 0.05) is 16.6 Å². The molecular formula is C12H15ClINO2. The first kappa shape index (κ1) is 14.7. The molecule has 1 atom stereocenters. The van der Waals surface area contributed by atoms with Gasteiger partial charge in [-0.25, -0.2) is 0 Å². The molecule has 1 N–H and O–H groups in total. The SMILES string of the molecule is COCC(CCl)NC(=O)c1cccc(C)c1I. The lowest BCUT2D eigenvalue weighted by molar-refractivity contribution is 0.0906. The third kappa shape index (κ3) is 4.12. The molecule has 0 saturated heterocycles. The van der Waals surface area contributed by atoms with Crippen molar-refractivity contribution >= 4 is 40.1 Å². The smallest absolute Gasteiger partial charge is 0.252 e. The number of ether oxygens (including phenoxy) is 1. The highest BCUT2D eigenvalue weighted by atomic mass is 127. The van der Waals surface area contributed by atoms with Crippen LogP contribution >= 0.6 is 34.2 Å². The van der Waals surface area contributed by atoms with E-state index in [1.807, 2.05) is 25.1 Å². The Balaban J connectivity index is 2.79. The zero-order valence-corrected chi connectivity index (χ0v) is 12.7. The Morgan fingerprint density at radius 2 is 2.29 bits per heavy atom. The summed E-state index contributed by atoms with van der Waals surface area (Å²) in [5, 5.41) is 2.85. The molecule has 0 aromatic heterocycles. The van der Waals surface area contributed by atoms with Gasteiger partial charge in [-0.1, -0.05) is 12.1 Å². The number of amides is 1. The molecule has 17 heavy (non-hydrogen) atoms. The van der Waals surface area contributed by atoms with Crippen LogP contribution in [0.4, 0.5) is 0 Å². The van der Waals surface area contributed by atoms with E-state index in [-0.39, 0.29) is 11.9 Å². The lowest BCUT2D eigenvalue weighted by Crippen LogP contribution is -2.39. The van der Waals surface area contributed by atoms with Gasteiger partial charge >= 0.3 is 0 Å². The molecule has 0 aliphatic rings. The number of benzene rings is 1. The number of hydrogen-bond donors (Lipinski definition) is 1. The highest BCUT2D eigenvalue weighted by Gasteiger charge is 2.15. The van der Waals surface area contributed by atoms with Gasteiger partial charge in [-0.15, -0.1) is 11.6 Å². The molecule has 0 saturated carbocycles. The van der Waals surface area contributed by atoms with Crippen molar-refractivity contribution in [1.82, 2.24) is 5.32 Å². The summed E-state index contributed by atoms with van der Waals surface area (Å²) in [5.74, 6) is 0.225. The van der Waals surface area contributed by atoms with Crippen LogP contribution in [0.1, 0.15) is 15.9 Å². The molecule has 3 nitrogen and oxygen atoms in total. The predicted octanol–water partition coefficient (Wildman–Crippen LogP) is 2.58. The summed E-state index contributed by atoms with van der Waals surface area (Å²) in [4.78, 5) is 12.0. The van der Waals surface area contributed by atoms with E-state index in [4.69, 9.17) is 16.3 Å². The predicted molar refractivity (Wildman–Crippen MR) is 77.7 cm³/mol. The van der Waals surface area contributed by atoms with E-state index in [1.165, 1.54) is 0 Å². The first-order valence-corrected chi connectivity index (χ1v) is 6.82. The van der Waals surface area contributed by atoms with Gasteiger partial charge in [0.05, 0.1) is 18.2 Å². The maximum absolute atomic E-state index is 12.0. The Labute approximate surface area is 120 Å². The van der Waals surface area contributed by atoms with Gasteiger partial charge in [-0.05, 0) is 41.1 Å². The normalized spacial score (nSPS) is 12.2. The Morgan fingerprint density at radius 3 is 2.88 bits per heavy atom. The zero-order chi connectivity index (χ0) is 12.8. The number of alkyl halides is 1. The molecule has 0 radical (unpaired) electrons. The largest absolute Gasteiger partial charge is 0.383 e. The van der Waals surface area contributed by atoms with E-state index in [0.717, 1.165) is 9.13 Å². The second kappa shape index (κ2) is 7.18. The van der Waals surface area contributed by atoms with Crippen molar-refractivity contribution in [2.75, 3.05) is 19.6 Å². The lowest BCUT2D eigenvalue weighted by Gasteiger charge is -2.16. The Hall–Kier alpha value is -0.330. The van der Waals surface area contributed by atoms with Crippen LogP contribution in [0, 0.1) is 10.5 Å². The van der Waals surface area contributed by atoms with Crippen molar-refractivity contribution in [2.24, 2.45) is 0 Å². The van der Waals surface area contributed by atoms with E-state index in [9.17, 15) is 4.79 Å². The average Bonchev–Trinajstić information content (AvgIpc) is 2.31. The Morgan fingerprint density at radius 1 is 1.59 bits per heavy atom. The summed E-state index contributed by atoms with van der Waals surface area (Å²) in [7, 11) is 1.59. The van der Waals surface area contributed by atoms with Crippen LogP contribution in [0.15, 0.2) is 18.2 Å². The van der Waals surface area contributed by atoms with Crippen molar-refractivity contribution < 1.29 is 9.53 Å². The van der Waals surface area contributed by atoms with Crippen LogP contribution in [-0.2, 0) is 4.74 Å². The van der Waals surface area contributed by atoms with Gasteiger partial charge in [-0.2, -0.15) is 0 Å². The van der Waals surface area contributed by atoms with Gasteiger partial charge < -0.3 is 10.1 Å². The zero-order valence-electron chi connectivity index (χ0n) is 9.80. The van der Waals surface area contributed by atoms with Crippen molar-refractivity contribution in [3.05, 3.63) is 32.9 Å². The van der Waals surface area contributed by atoms with E-state index in [2.05, 4.69) is 27.9 Å². The molecule has 1 unspecified atom stereocenters. The monoisotopic (exact) mass is 367 g/mol. The number of halogens is 2. The maximum Gasteiger partial charge on any atom is 0.252 e. The van der Waals surface area contributed by atoms with E-state index in [1.54, 1.807) is 7.11 Å². The average molecular weight is 368 g/mol. The third-order valence-electron chi connectivity index (χ3n) is 2.33. The number of rotatable bonds is 5. The molecular weight excluding hydrogens is 352 g/mol. The standard InChI is InChI=1S/C12H15ClINO2/c1-8-4-3-5-10(11(8)14)12(16)15-9(6-13)7-17-2/h3-5,9H,6-7H2,1-2H3,(H,15,16). The fourth-order valence-electron chi connectivity index (χ4n) is 1.41. The van der Waals surface area contributed by atoms with Crippen molar-refractivity contribution in [1.29, 1.82) is 0 Å². The first-order chi connectivity index (χ1) is 8.10. The molecule has 0 aliphatic heterocycles. The van der Waals surface area contributed by atoms with Crippen LogP contribution < -0.4 is 5.32 Å². The molecule has 1 amide bonds. The second-order valence-electron chi connectivity index (χ2n) is 3.72. The van der Waals surface area contributed by atoms with Crippen LogP contribution in [0.3, 0.4) is 0 Å². The van der Waals surface area contributed by atoms with Gasteiger partial charge in [0.1, 0.15) is 0 Å². The van der Waals surface area contributed by atoms with E-state index in [0.29, 0.717) is 18.1 Å². The molecule has 0 aliphatic carbocycles. The second-order valence-corrected chi connectivity index (χ2v) is 5.10. The van der Waals surface area contributed by atoms with Crippen molar-refractivity contribution in [2.45, 2.75) is 13.0 Å². The molecule has 94 valence electrons. The summed E-state index contributed by atoms with van der Waals surface area (Å²) < 4.78 is 5.95. The number of nitrogens with one attached hydrogen (secondary N) is 1. The maximum atomic E-state index is 12.0. The van der Waals surface area contributed by atoms with E-state index >= 15 is 0 Å². The molecule has 1 aromatic rings. The number of methoxy groups -OCH3 is 1. The minimum atomic E-state index is -0.162. The summed E-state index contributed by atoms with van der Waals surface area (Å²) >= 11 is 7.93. The first-order valence-electron chi connectivity index (χ1n) is 5.21. The fourth-order valence-corrected chi connectivity index (χ4v) is 2.18. The van der Waals surface area contributed by atoms with Crippen LogP contribution in [0.2, 0.25) is 0 Å². The summed E-state index contributed by atoms with van der Waals surface area (Å²) in [6, 6.07) is 5.50. The summed E-state index contributed by atoms with van der Waals surface area (Å²) in [5.41, 5.74) is 1.77. The van der Waals surface area contributed by atoms with Crippen molar-refractivity contribution in [3.8, 4) is 0 Å². The Kier molecular flexibility index (Phi) is 6.22. The van der Waals surface area contributed by atoms with Gasteiger partial charge in [0.15, 0.2) is 0 Å². The lowest BCUT2D eigenvalue weighted by atomic mass is 10.1. The quantitative estimate of drug-likeness (QED) is 0.642. The van der Waals surface area contributed by atoms with Crippen LogP contribution in [0.5, 0.6) is 0 Å². The third-order valence-corrected chi connectivity index (χ3v) is 4.13. The highest BCUT2D eigenvalue weighted by Crippen LogP contribution is 2.16. The number of aryl methyl sites for hydroxylation is 1. The minimum Gasteiger partial charge on any atom is -0.383 e. The topological polar surface area (TPSA) is 38.3 Å². The minimum absolute atomic E-state index is 0.110. The van der Waals surface area contributed by atoms with Crippen LogP contribution in [-0.4, -0.2) is 31.5 Å². The molecule has 0 spiro atoms. The van der Waals surface area contributed by atoms with Gasteiger partial charge in [0.2, 0.25) is 0 Å². The Bertz CT molecular complexity index is 398. The molecule has 1 rings (SSSR count). The van der Waals surface area contributed by atoms with Gasteiger partial charge in [0.25, 0.3) is 5.91 Å².